The molecule has 0 aromatic carbocycles. The van der Waals surface area contributed by atoms with Crippen molar-refractivity contribution in [3.63, 3.8) is 0 Å². The lowest BCUT2D eigenvalue weighted by atomic mass is 9.52. The zero-order valence-electron chi connectivity index (χ0n) is 17.7. The van der Waals surface area contributed by atoms with Crippen LogP contribution in [0.2, 0.25) is 0 Å². The molecule has 0 aromatic heterocycles. The van der Waals surface area contributed by atoms with Gasteiger partial charge in [-0.2, -0.15) is 0 Å². The molecule has 2 unspecified atom stereocenters. The van der Waals surface area contributed by atoms with Crippen molar-refractivity contribution >= 4 is 0 Å². The Morgan fingerprint density at radius 3 is 1.57 bits per heavy atom. The minimum Gasteiger partial charge on any atom is -0.324 e. The molecule has 0 saturated heterocycles. The van der Waals surface area contributed by atoms with Gasteiger partial charge in [-0.3, -0.25) is 0 Å². The Bertz CT molecular complexity index is 282. The molecular formula is C22H47N. The van der Waals surface area contributed by atoms with E-state index in [1.54, 1.807) is 0 Å². The monoisotopic (exact) mass is 325 g/mol. The fraction of sp³-hybridized carbons (Fsp3) is 1.00. The zero-order chi connectivity index (χ0) is 18.1. The standard InChI is InChI=1S/C22H47N/c1-9-13-14-15-16-17-20(18(5)6)22(23,19(7)8)21(10-2,11-3)12-4/h18-20H,9-17,23H2,1-8H3. The number of hydrogen-bond acceptors (Lipinski definition) is 1. The molecule has 0 saturated carbocycles. The van der Waals surface area contributed by atoms with Crippen LogP contribution in [-0.2, 0) is 0 Å². The molecule has 0 heterocycles. The Balaban J connectivity index is 5.38. The van der Waals surface area contributed by atoms with Crippen LogP contribution < -0.4 is 5.73 Å². The summed E-state index contributed by atoms with van der Waals surface area (Å²) in [7, 11) is 0. The third-order valence-electron chi connectivity index (χ3n) is 6.94. The molecular weight excluding hydrogens is 278 g/mol. The van der Waals surface area contributed by atoms with Crippen molar-refractivity contribution in [2.45, 2.75) is 119 Å². The molecule has 0 amide bonds. The van der Waals surface area contributed by atoms with Crippen LogP contribution in [0.4, 0.5) is 0 Å². The first-order valence-corrected chi connectivity index (χ1v) is 10.6. The van der Waals surface area contributed by atoms with Gasteiger partial charge in [0.25, 0.3) is 0 Å². The summed E-state index contributed by atoms with van der Waals surface area (Å²) in [5, 5.41) is 0. The quantitative estimate of drug-likeness (QED) is 0.356. The van der Waals surface area contributed by atoms with Gasteiger partial charge >= 0.3 is 0 Å². The van der Waals surface area contributed by atoms with E-state index in [0.29, 0.717) is 17.8 Å². The number of hydrogen-bond donors (Lipinski definition) is 1. The maximum atomic E-state index is 7.34. The Kier molecular flexibility index (Phi) is 10.7. The van der Waals surface area contributed by atoms with E-state index in [4.69, 9.17) is 5.73 Å². The molecule has 0 bridgehead atoms. The summed E-state index contributed by atoms with van der Waals surface area (Å²) in [5.74, 6) is 1.83. The molecule has 1 heteroatoms. The first kappa shape index (κ1) is 23.0. The van der Waals surface area contributed by atoms with Gasteiger partial charge in [-0.25, -0.2) is 0 Å². The molecule has 0 aliphatic heterocycles. The molecule has 0 radical (unpaired) electrons. The van der Waals surface area contributed by atoms with Gasteiger partial charge in [0.05, 0.1) is 0 Å². The van der Waals surface area contributed by atoms with Gasteiger partial charge in [0.1, 0.15) is 0 Å². The van der Waals surface area contributed by atoms with Crippen molar-refractivity contribution in [1.29, 1.82) is 0 Å². The summed E-state index contributed by atoms with van der Waals surface area (Å²) in [5.41, 5.74) is 7.56. The normalized spacial score (nSPS) is 16.8. The van der Waals surface area contributed by atoms with E-state index in [1.807, 2.05) is 0 Å². The summed E-state index contributed by atoms with van der Waals surface area (Å²) in [4.78, 5) is 0. The molecule has 0 fully saturated rings. The fourth-order valence-electron chi connectivity index (χ4n) is 5.19. The lowest BCUT2D eigenvalue weighted by molar-refractivity contribution is -0.0150. The minimum absolute atomic E-state index is 0.0514. The van der Waals surface area contributed by atoms with Crippen LogP contribution >= 0.6 is 0 Å². The van der Waals surface area contributed by atoms with Gasteiger partial charge in [-0.15, -0.1) is 0 Å². The molecule has 0 aromatic rings. The highest BCUT2D eigenvalue weighted by Crippen LogP contribution is 2.51. The van der Waals surface area contributed by atoms with Crippen LogP contribution in [-0.4, -0.2) is 5.54 Å². The maximum absolute atomic E-state index is 7.34. The van der Waals surface area contributed by atoms with Crippen LogP contribution in [0.3, 0.4) is 0 Å². The number of unbranched alkanes of at least 4 members (excludes halogenated alkanes) is 4. The van der Waals surface area contributed by atoms with Crippen LogP contribution in [0.1, 0.15) is 113 Å². The third-order valence-corrected chi connectivity index (χ3v) is 6.94. The van der Waals surface area contributed by atoms with Crippen molar-refractivity contribution < 1.29 is 0 Å². The highest BCUT2D eigenvalue weighted by molar-refractivity contribution is 5.07. The van der Waals surface area contributed by atoms with Crippen molar-refractivity contribution in [3.05, 3.63) is 0 Å². The van der Waals surface area contributed by atoms with E-state index in [9.17, 15) is 0 Å². The molecule has 2 atom stereocenters. The Hall–Kier alpha value is -0.0400. The second kappa shape index (κ2) is 10.7. The van der Waals surface area contributed by atoms with Crippen molar-refractivity contribution in [2.24, 2.45) is 28.9 Å². The SMILES string of the molecule is CCCCCCCC(C(C)C)C(N)(C(C)C)C(CC)(CC)CC. The van der Waals surface area contributed by atoms with Gasteiger partial charge in [0.15, 0.2) is 0 Å². The lowest BCUT2D eigenvalue weighted by Crippen LogP contribution is -2.64. The largest absolute Gasteiger partial charge is 0.324 e. The molecule has 23 heavy (non-hydrogen) atoms. The van der Waals surface area contributed by atoms with Crippen molar-refractivity contribution in [2.75, 3.05) is 0 Å². The summed E-state index contributed by atoms with van der Waals surface area (Å²) < 4.78 is 0. The van der Waals surface area contributed by atoms with Crippen LogP contribution in [0.25, 0.3) is 0 Å². The topological polar surface area (TPSA) is 26.0 Å². The zero-order valence-corrected chi connectivity index (χ0v) is 17.7. The third kappa shape index (κ3) is 5.21. The summed E-state index contributed by atoms with van der Waals surface area (Å²) in [6.07, 6.45) is 11.7. The first-order chi connectivity index (χ1) is 10.8. The van der Waals surface area contributed by atoms with Gasteiger partial charge in [0.2, 0.25) is 0 Å². The molecule has 140 valence electrons. The Morgan fingerprint density at radius 1 is 0.739 bits per heavy atom. The summed E-state index contributed by atoms with van der Waals surface area (Å²) >= 11 is 0. The minimum atomic E-state index is -0.0514. The molecule has 2 N–H and O–H groups in total. The van der Waals surface area contributed by atoms with Crippen LogP contribution in [0, 0.1) is 23.2 Å². The predicted molar refractivity (Wildman–Crippen MR) is 107 cm³/mol. The molecule has 0 rings (SSSR count). The van der Waals surface area contributed by atoms with E-state index < -0.39 is 0 Å². The summed E-state index contributed by atoms with van der Waals surface area (Å²) in [6.45, 7) is 18.9. The smallest absolute Gasteiger partial charge is 0.0265 e. The Labute approximate surface area is 148 Å². The van der Waals surface area contributed by atoms with E-state index in [0.717, 1.165) is 0 Å². The lowest BCUT2D eigenvalue weighted by Gasteiger charge is -2.56. The molecule has 0 spiro atoms. The molecule has 0 aliphatic carbocycles. The van der Waals surface area contributed by atoms with E-state index in [-0.39, 0.29) is 11.0 Å². The van der Waals surface area contributed by atoms with Gasteiger partial charge in [-0.05, 0) is 48.9 Å². The van der Waals surface area contributed by atoms with Crippen LogP contribution in [0.5, 0.6) is 0 Å². The highest BCUT2D eigenvalue weighted by Gasteiger charge is 2.52. The average molecular weight is 326 g/mol. The summed E-state index contributed by atoms with van der Waals surface area (Å²) in [6, 6.07) is 0. The van der Waals surface area contributed by atoms with E-state index in [2.05, 4.69) is 55.4 Å². The second-order valence-corrected chi connectivity index (χ2v) is 8.48. The first-order valence-electron chi connectivity index (χ1n) is 10.6. The second-order valence-electron chi connectivity index (χ2n) is 8.48. The maximum Gasteiger partial charge on any atom is 0.0265 e. The van der Waals surface area contributed by atoms with Crippen LogP contribution in [0.15, 0.2) is 0 Å². The number of rotatable bonds is 13. The van der Waals surface area contributed by atoms with Crippen molar-refractivity contribution in [1.82, 2.24) is 0 Å². The Morgan fingerprint density at radius 2 is 1.22 bits per heavy atom. The van der Waals surface area contributed by atoms with Gasteiger partial charge in [0, 0.05) is 5.54 Å². The average Bonchev–Trinajstić information content (AvgIpc) is 2.52. The fourth-order valence-corrected chi connectivity index (χ4v) is 5.19. The molecule has 0 aliphatic rings. The van der Waals surface area contributed by atoms with Gasteiger partial charge < -0.3 is 5.73 Å². The number of nitrogens with two attached hydrogens (primary N) is 1. The highest BCUT2D eigenvalue weighted by atomic mass is 14.8. The van der Waals surface area contributed by atoms with E-state index >= 15 is 0 Å². The predicted octanol–water partition coefficient (Wildman–Crippen LogP) is 7.19. The van der Waals surface area contributed by atoms with Gasteiger partial charge in [-0.1, -0.05) is 87.5 Å². The van der Waals surface area contributed by atoms with E-state index in [1.165, 1.54) is 57.8 Å². The molecule has 1 nitrogen and oxygen atoms in total. The van der Waals surface area contributed by atoms with Crippen molar-refractivity contribution in [3.8, 4) is 0 Å².